The van der Waals surface area contributed by atoms with Crippen LogP contribution in [0, 0.1) is 0 Å². The molecule has 2 aromatic heterocycles. The SMILES string of the molecule is C.C.C.C.CC.CC.CC.CC.[Y].[Y].[Y].c1ccc2c(c1)sc1ccccc12.c1ccc2c(c1)sc1ccccc12. The quantitative estimate of drug-likeness (QED) is 0.143. The van der Waals surface area contributed by atoms with Gasteiger partial charge in [0.15, 0.2) is 0 Å². The van der Waals surface area contributed by atoms with Crippen LogP contribution in [0.5, 0.6) is 0 Å². The summed E-state index contributed by atoms with van der Waals surface area (Å²) in [5.74, 6) is 0. The van der Waals surface area contributed by atoms with Gasteiger partial charge in [-0.25, -0.2) is 0 Å². The van der Waals surface area contributed by atoms with Gasteiger partial charge in [-0.3, -0.25) is 0 Å². The van der Waals surface area contributed by atoms with E-state index >= 15 is 0 Å². The Morgan fingerprint density at radius 1 is 0.293 bits per heavy atom. The Bertz CT molecular complexity index is 1150. The maximum Gasteiger partial charge on any atom is 0.0355 e. The first-order valence-corrected chi connectivity index (χ1v) is 14.3. The van der Waals surface area contributed by atoms with Crippen LogP contribution in [0.3, 0.4) is 0 Å². The van der Waals surface area contributed by atoms with Crippen LogP contribution in [0.1, 0.15) is 85.1 Å². The molecule has 0 spiro atoms. The zero-order valence-corrected chi connectivity index (χ0v) is 33.9. The van der Waals surface area contributed by atoms with E-state index in [2.05, 4.69) is 97.1 Å². The summed E-state index contributed by atoms with van der Waals surface area (Å²) in [6.07, 6.45) is 0. The Kier molecular flexibility index (Phi) is 49.1. The molecule has 5 heteroatoms. The van der Waals surface area contributed by atoms with Crippen LogP contribution in [0.4, 0.5) is 0 Å². The molecule has 0 nitrogen and oxygen atoms in total. The summed E-state index contributed by atoms with van der Waals surface area (Å²) in [5.41, 5.74) is 0. The van der Waals surface area contributed by atoms with Gasteiger partial charge in [0, 0.05) is 138 Å². The van der Waals surface area contributed by atoms with Gasteiger partial charge < -0.3 is 0 Å². The molecular weight excluding hydrogens is 763 g/mol. The number of fused-ring (bicyclic) bond motifs is 6. The molecule has 0 aliphatic heterocycles. The zero-order valence-electron chi connectivity index (χ0n) is 23.8. The molecule has 0 amide bonds. The summed E-state index contributed by atoms with van der Waals surface area (Å²) in [4.78, 5) is 0. The Morgan fingerprint density at radius 2 is 0.439 bits per heavy atom. The second-order valence-electron chi connectivity index (χ2n) is 6.19. The van der Waals surface area contributed by atoms with Crippen LogP contribution in [-0.4, -0.2) is 0 Å². The Morgan fingerprint density at radius 3 is 0.610 bits per heavy atom. The number of rotatable bonds is 0. The first-order valence-electron chi connectivity index (χ1n) is 12.6. The van der Waals surface area contributed by atoms with Crippen molar-refractivity contribution in [2.24, 2.45) is 0 Å². The molecule has 0 aliphatic rings. The van der Waals surface area contributed by atoms with Gasteiger partial charge in [0.1, 0.15) is 0 Å². The molecule has 0 atom stereocenters. The van der Waals surface area contributed by atoms with Gasteiger partial charge in [0.25, 0.3) is 0 Å². The van der Waals surface area contributed by atoms with Crippen molar-refractivity contribution in [2.45, 2.75) is 85.1 Å². The second-order valence-corrected chi connectivity index (χ2v) is 8.36. The minimum absolute atomic E-state index is 0. The zero-order chi connectivity index (χ0) is 25.3. The van der Waals surface area contributed by atoms with Crippen LogP contribution in [0.15, 0.2) is 97.1 Å². The van der Waals surface area contributed by atoms with Gasteiger partial charge >= 0.3 is 0 Å². The first kappa shape index (κ1) is 57.3. The molecule has 0 saturated carbocycles. The van der Waals surface area contributed by atoms with Gasteiger partial charge in [0.2, 0.25) is 0 Å². The van der Waals surface area contributed by atoms with E-state index in [0.29, 0.717) is 0 Å². The second kappa shape index (κ2) is 35.1. The van der Waals surface area contributed by atoms with E-state index in [-0.39, 0.29) is 128 Å². The summed E-state index contributed by atoms with van der Waals surface area (Å²) < 4.78 is 5.51. The fourth-order valence-electron chi connectivity index (χ4n) is 3.35. The fraction of sp³-hybridized carbons (Fsp3) is 0.333. The molecule has 2 heterocycles. The summed E-state index contributed by atoms with van der Waals surface area (Å²) in [7, 11) is 0. The Balaban J connectivity index is -0.0000000798. The van der Waals surface area contributed by atoms with Crippen LogP contribution in [0.2, 0.25) is 0 Å². The van der Waals surface area contributed by atoms with Gasteiger partial charge in [-0.2, -0.15) is 0 Å². The molecule has 0 N–H and O–H groups in total. The monoisotopic (exact) mass is 819 g/mol. The number of hydrogen-bond donors (Lipinski definition) is 0. The molecule has 0 aliphatic carbocycles. The van der Waals surface area contributed by atoms with Crippen LogP contribution < -0.4 is 0 Å². The van der Waals surface area contributed by atoms with Gasteiger partial charge in [-0.15, -0.1) is 22.7 Å². The third-order valence-corrected chi connectivity index (χ3v) is 6.87. The average molecular weight is 820 g/mol. The smallest absolute Gasteiger partial charge is 0.0355 e. The summed E-state index contributed by atoms with van der Waals surface area (Å²) >= 11 is 3.72. The minimum atomic E-state index is 0. The number of hydrogen-bond acceptors (Lipinski definition) is 2. The predicted molar refractivity (Wildman–Crippen MR) is 191 cm³/mol. The summed E-state index contributed by atoms with van der Waals surface area (Å²) in [6.45, 7) is 16.0. The molecule has 0 unspecified atom stereocenters. The van der Waals surface area contributed by atoms with Crippen molar-refractivity contribution in [3.05, 3.63) is 97.1 Å². The Hall–Kier alpha value is 0.632. The average Bonchev–Trinajstić information content (AvgIpc) is 3.52. The van der Waals surface area contributed by atoms with E-state index in [0.717, 1.165) is 0 Å². The normalized spacial score (nSPS) is 7.61. The van der Waals surface area contributed by atoms with Crippen LogP contribution in [0.25, 0.3) is 40.3 Å². The summed E-state index contributed by atoms with van der Waals surface area (Å²) in [5, 5.41) is 5.51. The van der Waals surface area contributed by atoms with Crippen molar-refractivity contribution in [1.29, 1.82) is 0 Å². The van der Waals surface area contributed by atoms with Crippen molar-refractivity contribution < 1.29 is 98.1 Å². The molecular formula is C36H56S2Y3. The van der Waals surface area contributed by atoms with Crippen molar-refractivity contribution in [3.8, 4) is 0 Å². The molecule has 0 saturated heterocycles. The number of benzene rings is 4. The fourth-order valence-corrected chi connectivity index (χ4v) is 5.56. The van der Waals surface area contributed by atoms with E-state index in [1.807, 2.05) is 78.1 Å². The van der Waals surface area contributed by atoms with Gasteiger partial charge in [-0.1, -0.05) is 158 Å². The van der Waals surface area contributed by atoms with E-state index in [1.165, 1.54) is 40.3 Å². The molecule has 6 rings (SSSR count). The largest absolute Gasteiger partial charge is 0.135 e. The van der Waals surface area contributed by atoms with Crippen molar-refractivity contribution >= 4 is 63.0 Å². The van der Waals surface area contributed by atoms with Gasteiger partial charge in [0.05, 0.1) is 0 Å². The minimum Gasteiger partial charge on any atom is -0.135 e. The molecule has 3 radical (unpaired) electrons. The molecule has 0 bridgehead atoms. The first-order chi connectivity index (χ1) is 16.9. The van der Waals surface area contributed by atoms with E-state index in [9.17, 15) is 0 Å². The van der Waals surface area contributed by atoms with E-state index in [4.69, 9.17) is 0 Å². The van der Waals surface area contributed by atoms with Crippen molar-refractivity contribution in [2.75, 3.05) is 0 Å². The van der Waals surface area contributed by atoms with E-state index in [1.54, 1.807) is 0 Å². The molecule has 221 valence electrons. The third kappa shape index (κ3) is 16.5. The third-order valence-electron chi connectivity index (χ3n) is 4.57. The van der Waals surface area contributed by atoms with Gasteiger partial charge in [-0.05, 0) is 24.3 Å². The Labute approximate surface area is 338 Å². The molecule has 4 aromatic carbocycles. The van der Waals surface area contributed by atoms with Crippen molar-refractivity contribution in [3.63, 3.8) is 0 Å². The van der Waals surface area contributed by atoms with Crippen LogP contribution in [-0.2, 0) is 98.1 Å². The molecule has 41 heavy (non-hydrogen) atoms. The van der Waals surface area contributed by atoms with E-state index < -0.39 is 0 Å². The standard InChI is InChI=1S/2C12H8S.4C2H6.4CH4.3Y/c2*1-3-7-11-9(5-1)10-6-2-4-8-12(10)13-11;4*1-2;;;;;;;/h2*1-8H;4*1-2H3;4*1H4;;;. The van der Waals surface area contributed by atoms with Crippen molar-refractivity contribution in [1.82, 2.24) is 0 Å². The van der Waals surface area contributed by atoms with Crippen LogP contribution >= 0.6 is 22.7 Å². The maximum atomic E-state index is 2.19. The summed E-state index contributed by atoms with van der Waals surface area (Å²) in [6, 6.07) is 34.3. The molecule has 6 aromatic rings. The number of thiophene rings is 2. The molecule has 0 fully saturated rings. The topological polar surface area (TPSA) is 0 Å². The maximum absolute atomic E-state index is 2.19. The predicted octanol–water partition coefficient (Wildman–Crippen LogP) is 14.8.